The van der Waals surface area contributed by atoms with Crippen LogP contribution in [-0.4, -0.2) is 88.7 Å². The van der Waals surface area contributed by atoms with Crippen LogP contribution < -0.4 is 0 Å². The number of rotatable bonds is 15. The van der Waals surface area contributed by atoms with Gasteiger partial charge in [0.25, 0.3) is 0 Å². The zero-order chi connectivity index (χ0) is 16.0. The van der Waals surface area contributed by atoms with Crippen LogP contribution in [0.1, 0.15) is 0 Å². The summed E-state index contributed by atoms with van der Waals surface area (Å²) in [5.41, 5.74) is 0. The average Bonchev–Trinajstić information content (AvgIpc) is 3.38. The molecule has 0 aromatic heterocycles. The first-order valence-corrected chi connectivity index (χ1v) is 27.6. The van der Waals surface area contributed by atoms with Crippen LogP contribution in [-0.2, 0) is 0 Å². The van der Waals surface area contributed by atoms with Crippen LogP contribution in [0.4, 0.5) is 0 Å². The van der Waals surface area contributed by atoms with Crippen molar-refractivity contribution in [3.8, 4) is 0 Å². The number of thioether (sulfide) groups is 6. The molecule has 7 heteroatoms. The summed E-state index contributed by atoms with van der Waals surface area (Å²) in [7, 11) is 0. The fourth-order valence-electron chi connectivity index (χ4n) is 2.47. The fraction of sp³-hybridized carbons (Fsp3) is 1.00. The van der Waals surface area contributed by atoms with Crippen LogP contribution in [0.2, 0.25) is 16.4 Å². The molecule has 0 aromatic rings. The Morgan fingerprint density at radius 1 is 0.696 bits per heavy atom. The molecule has 0 aliphatic carbocycles. The second-order valence-corrected chi connectivity index (χ2v) is 34.5. The maximum absolute atomic E-state index is 2.80. The van der Waals surface area contributed by atoms with Gasteiger partial charge in [-0.1, -0.05) is 0 Å². The summed E-state index contributed by atoms with van der Waals surface area (Å²) in [6.07, 6.45) is 0. The molecule has 3 heterocycles. The van der Waals surface area contributed by atoms with Crippen LogP contribution in [0.15, 0.2) is 0 Å². The third kappa shape index (κ3) is 10.2. The topological polar surface area (TPSA) is 0 Å². The summed E-state index contributed by atoms with van der Waals surface area (Å²) in [4.78, 5) is 0. The van der Waals surface area contributed by atoms with E-state index in [4.69, 9.17) is 0 Å². The molecule has 0 nitrogen and oxygen atoms in total. The number of hydrogen-bond donors (Lipinski definition) is 0. The van der Waals surface area contributed by atoms with Gasteiger partial charge in [0.1, 0.15) is 0 Å². The van der Waals surface area contributed by atoms with Gasteiger partial charge in [-0.3, -0.25) is 0 Å². The Bertz CT molecular complexity index is 293. The second kappa shape index (κ2) is 11.1. The molecule has 3 rings (SSSR count). The fourth-order valence-corrected chi connectivity index (χ4v) is 34.5. The molecule has 0 saturated carbocycles. The summed E-state index contributed by atoms with van der Waals surface area (Å²) < 4.78 is 7.78. The molecule has 3 unspecified atom stereocenters. The van der Waals surface area contributed by atoms with Gasteiger partial charge in [-0.25, -0.2) is 0 Å². The van der Waals surface area contributed by atoms with E-state index in [1.165, 1.54) is 51.8 Å². The predicted molar refractivity (Wildman–Crippen MR) is 127 cm³/mol. The normalized spacial score (nSPS) is 30.9. The molecule has 0 amide bonds. The van der Waals surface area contributed by atoms with Gasteiger partial charge in [0.05, 0.1) is 0 Å². The monoisotopic (exact) mass is 622 g/mol. The van der Waals surface area contributed by atoms with Gasteiger partial charge in [0, 0.05) is 0 Å². The SMILES string of the molecule is [CH3][Pb]([CH2]CSCC1CS1)([CH2]CSCC1CS1)[CH2]CSCC1CS1. The first-order valence-electron chi connectivity index (χ1n) is 8.82. The van der Waals surface area contributed by atoms with Gasteiger partial charge < -0.3 is 0 Å². The minimum absolute atomic E-state index is 1.03. The van der Waals surface area contributed by atoms with Gasteiger partial charge in [0.2, 0.25) is 0 Å². The Morgan fingerprint density at radius 3 is 1.26 bits per heavy atom. The van der Waals surface area contributed by atoms with Gasteiger partial charge >= 0.3 is 176 Å². The van der Waals surface area contributed by atoms with Crippen molar-refractivity contribution in [2.24, 2.45) is 0 Å². The van der Waals surface area contributed by atoms with Gasteiger partial charge in [-0.15, -0.1) is 0 Å². The maximum atomic E-state index is 2.80. The van der Waals surface area contributed by atoms with Crippen molar-refractivity contribution in [1.82, 2.24) is 0 Å². The Labute approximate surface area is 173 Å². The quantitative estimate of drug-likeness (QED) is 0.132. The second-order valence-electron chi connectivity index (χ2n) is 7.15. The van der Waals surface area contributed by atoms with E-state index in [0.717, 1.165) is 15.7 Å². The van der Waals surface area contributed by atoms with Crippen LogP contribution in [0.3, 0.4) is 0 Å². The van der Waals surface area contributed by atoms with E-state index in [1.54, 1.807) is 11.9 Å². The summed E-state index contributed by atoms with van der Waals surface area (Å²) in [5, 5.41) is 3.09. The van der Waals surface area contributed by atoms with Gasteiger partial charge in [0.15, 0.2) is 0 Å². The van der Waals surface area contributed by atoms with Crippen molar-refractivity contribution >= 4 is 91.7 Å². The molecule has 3 saturated heterocycles. The molecular weight excluding hydrogens is 592 g/mol. The van der Waals surface area contributed by atoms with Crippen LogP contribution >= 0.6 is 70.6 Å². The summed E-state index contributed by atoms with van der Waals surface area (Å²) in [5.74, 6) is 13.1. The van der Waals surface area contributed by atoms with Crippen LogP contribution in [0, 0.1) is 0 Å². The Hall–Kier alpha value is 3.02. The zero-order valence-electron chi connectivity index (χ0n) is 14.2. The molecule has 3 aliphatic rings. The molecular formula is C16H30PbS6. The molecule has 0 radical (unpaired) electrons. The van der Waals surface area contributed by atoms with Crippen molar-refractivity contribution in [3.63, 3.8) is 0 Å². The molecule has 0 aromatic carbocycles. The Kier molecular flexibility index (Phi) is 10.0. The van der Waals surface area contributed by atoms with Crippen molar-refractivity contribution < 1.29 is 0 Å². The van der Waals surface area contributed by atoms with E-state index in [2.05, 4.69) is 75.1 Å². The first-order chi connectivity index (χ1) is 11.2. The average molecular weight is 622 g/mol. The predicted octanol–water partition coefficient (Wildman–Crippen LogP) is 5.61. The molecule has 134 valence electrons. The molecule has 0 bridgehead atoms. The first kappa shape index (κ1) is 20.7. The molecule has 23 heavy (non-hydrogen) atoms. The van der Waals surface area contributed by atoms with Crippen LogP contribution in [0.25, 0.3) is 0 Å². The molecule has 3 aliphatic heterocycles. The van der Waals surface area contributed by atoms with Gasteiger partial charge in [-0.2, -0.15) is 0 Å². The molecule has 3 atom stereocenters. The van der Waals surface area contributed by atoms with E-state index in [0.29, 0.717) is 0 Å². The standard InChI is InChI=1S/3C5H9S2.CH3.Pb/c3*1-2-6-3-5-4-7-5;;/h3*5H,1-4H2;1H3;. The summed E-state index contributed by atoms with van der Waals surface area (Å²) in [6.45, 7) is 0. The van der Waals surface area contributed by atoms with Gasteiger partial charge in [-0.05, 0) is 0 Å². The summed E-state index contributed by atoms with van der Waals surface area (Å²) >= 11 is 11.4. The van der Waals surface area contributed by atoms with Crippen molar-refractivity contribution in [3.05, 3.63) is 0 Å². The van der Waals surface area contributed by atoms with Crippen molar-refractivity contribution in [2.45, 2.75) is 32.2 Å². The molecule has 0 spiro atoms. The van der Waals surface area contributed by atoms with E-state index in [1.807, 2.05) is 0 Å². The number of hydrogen-bond acceptors (Lipinski definition) is 6. The van der Waals surface area contributed by atoms with E-state index >= 15 is 0 Å². The van der Waals surface area contributed by atoms with Crippen molar-refractivity contribution in [2.75, 3.05) is 51.8 Å². The molecule has 3 fully saturated rings. The Balaban J connectivity index is 1.29. The minimum atomic E-state index is -1.94. The third-order valence-electron chi connectivity index (χ3n) is 4.67. The van der Waals surface area contributed by atoms with Crippen molar-refractivity contribution in [1.29, 1.82) is 0 Å². The molecule has 0 N–H and O–H groups in total. The van der Waals surface area contributed by atoms with E-state index in [9.17, 15) is 0 Å². The summed E-state index contributed by atoms with van der Waals surface area (Å²) in [6, 6.07) is 0. The van der Waals surface area contributed by atoms with E-state index < -0.39 is 21.2 Å². The zero-order valence-corrected chi connectivity index (χ0v) is 23.0. The Morgan fingerprint density at radius 2 is 1.00 bits per heavy atom. The van der Waals surface area contributed by atoms with E-state index in [-0.39, 0.29) is 0 Å². The third-order valence-corrected chi connectivity index (χ3v) is 32.8. The van der Waals surface area contributed by atoms with Crippen LogP contribution in [0.5, 0.6) is 0 Å².